The van der Waals surface area contributed by atoms with Crippen LogP contribution < -0.4 is 10.2 Å². The molecule has 0 fully saturated rings. The van der Waals surface area contributed by atoms with Crippen molar-refractivity contribution in [3.63, 3.8) is 0 Å². The molecular weight excluding hydrogens is 744 g/mol. The standard InChI is InChI=1S/C49H85N2O6P/c1-6-8-10-11-12-13-14-15-16-17-18-19-20-21-22-23-24-25-26-27-28-29-30-31-32-33-34-35-36-37-38-39-41-43-49(53)50-47(48(52)42-40-9-7-2)46-57-58(54,55)56-45-44-51(3,4)5/h8,10,12-13,15-16,18-19,21-22,24-25,27-28,30-31,47-48,52H,6-7,9,11,14,17,20,23,26,29,32-46H2,1-5H3,(H-,50,53,54,55)/b10-8-,13-12-,16-15-,19-18-,22-21-,25-24-,28-27-,31-30-. The van der Waals surface area contributed by atoms with Crippen LogP contribution in [0.2, 0.25) is 0 Å². The molecule has 0 bridgehead atoms. The highest BCUT2D eigenvalue weighted by molar-refractivity contribution is 7.45. The molecule has 58 heavy (non-hydrogen) atoms. The summed E-state index contributed by atoms with van der Waals surface area (Å²) in [5.74, 6) is -0.191. The van der Waals surface area contributed by atoms with Gasteiger partial charge in [0, 0.05) is 6.42 Å². The van der Waals surface area contributed by atoms with Crippen molar-refractivity contribution >= 4 is 13.7 Å². The molecule has 0 heterocycles. The highest BCUT2D eigenvalue weighted by Gasteiger charge is 2.24. The number of quaternary nitrogens is 1. The Labute approximate surface area is 356 Å². The number of carbonyl (C=O) groups is 1. The fourth-order valence-electron chi connectivity index (χ4n) is 5.76. The summed E-state index contributed by atoms with van der Waals surface area (Å²) in [7, 11) is 1.27. The summed E-state index contributed by atoms with van der Waals surface area (Å²) < 4.78 is 22.9. The molecule has 0 aliphatic heterocycles. The first-order valence-corrected chi connectivity index (χ1v) is 24.0. The number of amides is 1. The van der Waals surface area contributed by atoms with Gasteiger partial charge in [0.05, 0.1) is 39.9 Å². The van der Waals surface area contributed by atoms with Gasteiger partial charge in [0.2, 0.25) is 5.91 Å². The van der Waals surface area contributed by atoms with Crippen molar-refractivity contribution in [3.05, 3.63) is 97.2 Å². The SMILES string of the molecule is CC/C=C\C/C=C\C/C=C\C/C=C\C/C=C\C/C=C\C/C=C\C/C=C\CCCCCCCCCCC(=O)NC(COP(=O)([O-])OCC[N+](C)(C)C)C(O)CCCCC. The van der Waals surface area contributed by atoms with Crippen LogP contribution >= 0.6 is 7.82 Å². The van der Waals surface area contributed by atoms with Crippen LogP contribution in [0.15, 0.2) is 97.2 Å². The minimum absolute atomic E-state index is 0.00342. The molecule has 0 radical (unpaired) electrons. The number of likely N-dealkylation sites (N-methyl/N-ethyl adjacent to an activating group) is 1. The molecule has 0 aliphatic carbocycles. The van der Waals surface area contributed by atoms with Gasteiger partial charge in [-0.1, -0.05) is 169 Å². The Balaban J connectivity index is 3.94. The summed E-state index contributed by atoms with van der Waals surface area (Å²) in [5.41, 5.74) is 0. The molecule has 9 heteroatoms. The normalized spacial score (nSPS) is 15.2. The molecule has 0 saturated heterocycles. The molecular formula is C49H85N2O6P. The lowest BCUT2D eigenvalue weighted by atomic mass is 10.0. The van der Waals surface area contributed by atoms with E-state index in [9.17, 15) is 19.4 Å². The van der Waals surface area contributed by atoms with E-state index < -0.39 is 20.0 Å². The van der Waals surface area contributed by atoms with Crippen molar-refractivity contribution in [2.45, 2.75) is 167 Å². The van der Waals surface area contributed by atoms with Crippen LogP contribution in [0.4, 0.5) is 0 Å². The summed E-state index contributed by atoms with van der Waals surface area (Å²) in [6.07, 6.45) is 56.5. The number of carbonyl (C=O) groups excluding carboxylic acids is 1. The van der Waals surface area contributed by atoms with Crippen LogP contribution in [0, 0.1) is 0 Å². The third kappa shape index (κ3) is 41.6. The number of hydrogen-bond acceptors (Lipinski definition) is 6. The molecule has 2 N–H and O–H groups in total. The molecule has 0 saturated carbocycles. The minimum atomic E-state index is -4.55. The number of unbranched alkanes of at least 4 members (excludes halogenated alkanes) is 10. The number of hydrogen-bond donors (Lipinski definition) is 2. The summed E-state index contributed by atoms with van der Waals surface area (Å²) in [6, 6.07) is -0.807. The van der Waals surface area contributed by atoms with Gasteiger partial charge in [0.25, 0.3) is 7.82 Å². The Morgan fingerprint density at radius 1 is 0.621 bits per heavy atom. The minimum Gasteiger partial charge on any atom is -0.756 e. The topological polar surface area (TPSA) is 108 Å². The molecule has 332 valence electrons. The van der Waals surface area contributed by atoms with Crippen LogP contribution in [0.3, 0.4) is 0 Å². The Morgan fingerprint density at radius 3 is 1.50 bits per heavy atom. The maximum Gasteiger partial charge on any atom is 0.268 e. The maximum absolute atomic E-state index is 12.7. The van der Waals surface area contributed by atoms with Crippen molar-refractivity contribution in [1.82, 2.24) is 5.32 Å². The number of aliphatic hydroxyl groups is 1. The first-order chi connectivity index (χ1) is 28.0. The van der Waals surface area contributed by atoms with E-state index in [-0.39, 0.29) is 19.1 Å². The highest BCUT2D eigenvalue weighted by Crippen LogP contribution is 2.38. The van der Waals surface area contributed by atoms with E-state index in [1.165, 1.54) is 32.1 Å². The van der Waals surface area contributed by atoms with Crippen molar-refractivity contribution < 1.29 is 32.9 Å². The van der Waals surface area contributed by atoms with Gasteiger partial charge < -0.3 is 28.8 Å². The van der Waals surface area contributed by atoms with Crippen molar-refractivity contribution in [2.75, 3.05) is 40.9 Å². The van der Waals surface area contributed by atoms with Crippen LogP contribution in [0.1, 0.15) is 155 Å². The van der Waals surface area contributed by atoms with Gasteiger partial charge in [-0.2, -0.15) is 0 Å². The fraction of sp³-hybridized carbons (Fsp3) is 0.653. The van der Waals surface area contributed by atoms with Crippen molar-refractivity contribution in [1.29, 1.82) is 0 Å². The van der Waals surface area contributed by atoms with Gasteiger partial charge in [-0.05, 0) is 77.0 Å². The first kappa shape index (κ1) is 55.4. The fourth-order valence-corrected chi connectivity index (χ4v) is 6.48. The molecule has 1 amide bonds. The lowest BCUT2D eigenvalue weighted by Crippen LogP contribution is -2.46. The van der Waals surface area contributed by atoms with Gasteiger partial charge in [-0.25, -0.2) is 0 Å². The first-order valence-electron chi connectivity index (χ1n) is 22.6. The van der Waals surface area contributed by atoms with Gasteiger partial charge in [0.1, 0.15) is 13.2 Å². The second-order valence-electron chi connectivity index (χ2n) is 16.0. The summed E-state index contributed by atoms with van der Waals surface area (Å²) in [6.45, 7) is 4.39. The van der Waals surface area contributed by atoms with Crippen LogP contribution in [0.25, 0.3) is 0 Å². The number of nitrogens with zero attached hydrogens (tertiary/aromatic N) is 1. The van der Waals surface area contributed by atoms with Crippen LogP contribution in [-0.4, -0.2) is 68.5 Å². The highest BCUT2D eigenvalue weighted by atomic mass is 31.2. The predicted molar refractivity (Wildman–Crippen MR) is 246 cm³/mol. The number of allylic oxidation sites excluding steroid dienone is 16. The number of aliphatic hydroxyl groups excluding tert-OH is 1. The zero-order valence-corrected chi connectivity index (χ0v) is 38.3. The molecule has 0 aromatic rings. The summed E-state index contributed by atoms with van der Waals surface area (Å²) >= 11 is 0. The molecule has 8 nitrogen and oxygen atoms in total. The van der Waals surface area contributed by atoms with Gasteiger partial charge in [-0.3, -0.25) is 9.36 Å². The third-order valence-electron chi connectivity index (χ3n) is 9.34. The molecule has 0 rings (SSSR count). The molecule has 3 unspecified atom stereocenters. The monoisotopic (exact) mass is 829 g/mol. The molecule has 0 aromatic heterocycles. The van der Waals surface area contributed by atoms with Gasteiger partial charge in [0.15, 0.2) is 0 Å². The Bertz CT molecular complexity index is 1260. The van der Waals surface area contributed by atoms with Crippen molar-refractivity contribution in [3.8, 4) is 0 Å². The van der Waals surface area contributed by atoms with Crippen LogP contribution in [-0.2, 0) is 18.4 Å². The van der Waals surface area contributed by atoms with E-state index in [4.69, 9.17) is 9.05 Å². The largest absolute Gasteiger partial charge is 0.756 e. The molecule has 0 aromatic carbocycles. The number of rotatable bonds is 39. The smallest absolute Gasteiger partial charge is 0.268 e. The Kier molecular flexibility index (Phi) is 38.1. The van der Waals surface area contributed by atoms with E-state index in [0.29, 0.717) is 23.9 Å². The van der Waals surface area contributed by atoms with E-state index in [1.807, 2.05) is 21.1 Å². The van der Waals surface area contributed by atoms with E-state index in [1.54, 1.807) is 0 Å². The van der Waals surface area contributed by atoms with Crippen LogP contribution in [0.5, 0.6) is 0 Å². The number of phosphoric acid groups is 1. The second kappa shape index (κ2) is 39.9. The lowest BCUT2D eigenvalue weighted by Gasteiger charge is -2.30. The average Bonchev–Trinajstić information content (AvgIpc) is 3.17. The van der Waals surface area contributed by atoms with Crippen molar-refractivity contribution in [2.24, 2.45) is 0 Å². The summed E-state index contributed by atoms with van der Waals surface area (Å²) in [4.78, 5) is 25.0. The lowest BCUT2D eigenvalue weighted by molar-refractivity contribution is -0.870. The Hall–Kier alpha value is -2.58. The molecule has 0 aliphatic rings. The number of nitrogens with one attached hydrogen (secondary N) is 1. The zero-order chi connectivity index (χ0) is 42.8. The van der Waals surface area contributed by atoms with Gasteiger partial charge >= 0.3 is 0 Å². The number of phosphoric ester groups is 1. The quantitative estimate of drug-likeness (QED) is 0.0276. The predicted octanol–water partition coefficient (Wildman–Crippen LogP) is 12.1. The van der Waals surface area contributed by atoms with E-state index in [2.05, 4.69) is 116 Å². The average molecular weight is 829 g/mol. The second-order valence-corrected chi connectivity index (χ2v) is 17.4. The molecule has 3 atom stereocenters. The van der Waals surface area contributed by atoms with Gasteiger partial charge in [-0.15, -0.1) is 0 Å². The maximum atomic E-state index is 12.7. The Morgan fingerprint density at radius 2 is 1.05 bits per heavy atom. The zero-order valence-electron chi connectivity index (χ0n) is 37.5. The molecule has 0 spiro atoms. The summed E-state index contributed by atoms with van der Waals surface area (Å²) in [5, 5.41) is 13.5. The van der Waals surface area contributed by atoms with E-state index >= 15 is 0 Å². The van der Waals surface area contributed by atoms with E-state index in [0.717, 1.165) is 96.3 Å². The third-order valence-corrected chi connectivity index (χ3v) is 10.3.